The third kappa shape index (κ3) is 4.76. The van der Waals surface area contributed by atoms with Gasteiger partial charge in [0.15, 0.2) is 5.11 Å². The fourth-order valence-electron chi connectivity index (χ4n) is 2.30. The van der Waals surface area contributed by atoms with Crippen molar-refractivity contribution in [3.05, 3.63) is 11.2 Å². The molecule has 1 aromatic rings. The molecule has 0 saturated heterocycles. The fourth-order valence-corrected chi connectivity index (χ4v) is 2.74. The number of anilines is 1. The summed E-state index contributed by atoms with van der Waals surface area (Å²) in [6, 6.07) is 1.98. The maximum Gasteiger partial charge on any atom is 0.233 e. The third-order valence-corrected chi connectivity index (χ3v) is 3.71. The van der Waals surface area contributed by atoms with Crippen molar-refractivity contribution in [3.8, 4) is 5.88 Å². The summed E-state index contributed by atoms with van der Waals surface area (Å²) in [5, 5.41) is 7.12. The van der Waals surface area contributed by atoms with Crippen molar-refractivity contribution in [2.75, 3.05) is 12.4 Å². The molecule has 2 rings (SSSR count). The minimum atomic E-state index is 0.316. The van der Waals surface area contributed by atoms with Crippen LogP contribution in [0.25, 0.3) is 0 Å². The van der Waals surface area contributed by atoms with Gasteiger partial charge < -0.3 is 15.4 Å². The molecule has 1 aromatic heterocycles. The van der Waals surface area contributed by atoms with E-state index in [9.17, 15) is 0 Å². The molecule has 1 aliphatic carbocycles. The lowest BCUT2D eigenvalue weighted by Crippen LogP contribution is -2.37. The number of halogens is 1. The van der Waals surface area contributed by atoms with Gasteiger partial charge in [0.1, 0.15) is 5.15 Å². The monoisotopic (exact) mass is 314 g/mol. The van der Waals surface area contributed by atoms with E-state index in [1.807, 2.05) is 0 Å². The summed E-state index contributed by atoms with van der Waals surface area (Å²) in [7, 11) is 1.53. The van der Waals surface area contributed by atoms with Gasteiger partial charge in [0.25, 0.3) is 0 Å². The Morgan fingerprint density at radius 1 is 1.30 bits per heavy atom. The van der Waals surface area contributed by atoms with Gasteiger partial charge in [-0.25, -0.2) is 4.98 Å². The van der Waals surface area contributed by atoms with Crippen molar-refractivity contribution in [1.82, 2.24) is 15.3 Å². The van der Waals surface area contributed by atoms with Gasteiger partial charge in [-0.1, -0.05) is 37.3 Å². The molecule has 1 aliphatic rings. The van der Waals surface area contributed by atoms with Gasteiger partial charge in [0.2, 0.25) is 11.8 Å². The van der Waals surface area contributed by atoms with Crippen LogP contribution in [0.4, 0.5) is 5.95 Å². The lowest BCUT2D eigenvalue weighted by molar-refractivity contribution is 0.397. The largest absolute Gasteiger partial charge is 0.481 e. The van der Waals surface area contributed by atoms with Gasteiger partial charge in [-0.2, -0.15) is 4.98 Å². The maximum atomic E-state index is 5.89. The smallest absolute Gasteiger partial charge is 0.233 e. The Morgan fingerprint density at radius 3 is 2.65 bits per heavy atom. The molecule has 0 radical (unpaired) electrons. The number of hydrogen-bond donors (Lipinski definition) is 2. The topological polar surface area (TPSA) is 59.1 Å². The third-order valence-electron chi connectivity index (χ3n) is 3.30. The molecule has 5 nitrogen and oxygen atoms in total. The van der Waals surface area contributed by atoms with E-state index >= 15 is 0 Å². The molecule has 110 valence electrons. The highest BCUT2D eigenvalue weighted by atomic mass is 35.5. The van der Waals surface area contributed by atoms with Crippen LogP contribution in [0.15, 0.2) is 6.07 Å². The van der Waals surface area contributed by atoms with E-state index in [4.69, 9.17) is 28.6 Å². The molecule has 0 amide bonds. The van der Waals surface area contributed by atoms with Crippen LogP contribution in [0.3, 0.4) is 0 Å². The van der Waals surface area contributed by atoms with Gasteiger partial charge in [0.05, 0.1) is 7.11 Å². The first-order chi connectivity index (χ1) is 9.67. The highest BCUT2D eigenvalue weighted by Gasteiger charge is 2.13. The van der Waals surface area contributed by atoms with E-state index in [1.54, 1.807) is 6.07 Å². The molecular weight excluding hydrogens is 296 g/mol. The second kappa shape index (κ2) is 7.59. The lowest BCUT2D eigenvalue weighted by atomic mass is 10.1. The summed E-state index contributed by atoms with van der Waals surface area (Å²) in [5.41, 5.74) is 0. The van der Waals surface area contributed by atoms with Crippen LogP contribution >= 0.6 is 23.8 Å². The molecule has 7 heteroatoms. The number of nitrogens with zero attached hydrogens (tertiary/aromatic N) is 2. The Kier molecular flexibility index (Phi) is 5.79. The SMILES string of the molecule is COc1cc(Cl)nc(NC(=S)NC2CCCCCC2)n1. The van der Waals surface area contributed by atoms with E-state index in [0.717, 1.165) is 12.8 Å². The maximum absolute atomic E-state index is 5.89. The molecule has 0 atom stereocenters. The molecule has 1 heterocycles. The second-order valence-corrected chi connectivity index (χ2v) is 5.64. The summed E-state index contributed by atoms with van der Waals surface area (Å²) in [5.74, 6) is 0.755. The minimum Gasteiger partial charge on any atom is -0.481 e. The van der Waals surface area contributed by atoms with Crippen molar-refractivity contribution in [1.29, 1.82) is 0 Å². The molecular formula is C13H19ClN4OS. The molecule has 0 spiro atoms. The molecule has 1 fully saturated rings. The van der Waals surface area contributed by atoms with Gasteiger partial charge in [-0.15, -0.1) is 0 Å². The second-order valence-electron chi connectivity index (χ2n) is 4.84. The fraction of sp³-hybridized carbons (Fsp3) is 0.615. The summed E-state index contributed by atoms with van der Waals surface area (Å²) < 4.78 is 5.04. The summed E-state index contributed by atoms with van der Waals surface area (Å²) in [6.45, 7) is 0. The number of methoxy groups -OCH3 is 1. The predicted octanol–water partition coefficient (Wildman–Crippen LogP) is 3.15. The van der Waals surface area contributed by atoms with Gasteiger partial charge >= 0.3 is 0 Å². The normalized spacial score (nSPS) is 16.3. The van der Waals surface area contributed by atoms with Crippen molar-refractivity contribution < 1.29 is 4.74 Å². The van der Waals surface area contributed by atoms with E-state index in [2.05, 4.69) is 20.6 Å². The standard InChI is InChI=1S/C13H19ClN4OS/c1-19-11-8-10(14)16-12(17-11)18-13(20)15-9-6-4-2-3-5-7-9/h8-9H,2-7H2,1H3,(H2,15,16,17,18,20). The molecule has 1 saturated carbocycles. The quantitative estimate of drug-likeness (QED) is 0.508. The lowest BCUT2D eigenvalue weighted by Gasteiger charge is -2.18. The van der Waals surface area contributed by atoms with Crippen molar-refractivity contribution in [2.24, 2.45) is 0 Å². The van der Waals surface area contributed by atoms with Crippen LogP contribution in [0, 0.1) is 0 Å². The van der Waals surface area contributed by atoms with Crippen LogP contribution < -0.4 is 15.4 Å². The molecule has 20 heavy (non-hydrogen) atoms. The van der Waals surface area contributed by atoms with E-state index in [-0.39, 0.29) is 0 Å². The first kappa shape index (κ1) is 15.3. The van der Waals surface area contributed by atoms with Crippen molar-refractivity contribution in [2.45, 2.75) is 44.6 Å². The number of hydrogen-bond acceptors (Lipinski definition) is 4. The number of ether oxygens (including phenoxy) is 1. The molecule has 2 N–H and O–H groups in total. The Labute approximate surface area is 129 Å². The van der Waals surface area contributed by atoms with E-state index in [1.165, 1.54) is 32.8 Å². The summed E-state index contributed by atoms with van der Waals surface area (Å²) >= 11 is 11.2. The Bertz CT molecular complexity index is 464. The van der Waals surface area contributed by atoms with Crippen LogP contribution in [0.1, 0.15) is 38.5 Å². The molecule has 0 bridgehead atoms. The molecule has 0 aromatic carbocycles. The summed E-state index contributed by atoms with van der Waals surface area (Å²) in [4.78, 5) is 8.22. The number of aromatic nitrogens is 2. The summed E-state index contributed by atoms with van der Waals surface area (Å²) in [6.07, 6.45) is 7.44. The Balaban J connectivity index is 1.91. The average Bonchev–Trinajstić information content (AvgIpc) is 2.66. The first-order valence-electron chi connectivity index (χ1n) is 6.83. The van der Waals surface area contributed by atoms with Crippen LogP contribution in [-0.2, 0) is 0 Å². The average molecular weight is 315 g/mol. The van der Waals surface area contributed by atoms with Crippen LogP contribution in [0.2, 0.25) is 5.15 Å². The van der Waals surface area contributed by atoms with E-state index < -0.39 is 0 Å². The van der Waals surface area contributed by atoms with Crippen LogP contribution in [0.5, 0.6) is 5.88 Å². The zero-order chi connectivity index (χ0) is 14.4. The van der Waals surface area contributed by atoms with E-state index in [0.29, 0.717) is 28.1 Å². The zero-order valence-electron chi connectivity index (χ0n) is 11.5. The molecule has 0 aliphatic heterocycles. The number of nitrogens with one attached hydrogen (secondary N) is 2. The van der Waals surface area contributed by atoms with Gasteiger partial charge in [-0.05, 0) is 25.1 Å². The first-order valence-corrected chi connectivity index (χ1v) is 7.62. The highest BCUT2D eigenvalue weighted by Crippen LogP contribution is 2.18. The Morgan fingerprint density at radius 2 is 2.00 bits per heavy atom. The van der Waals surface area contributed by atoms with Crippen molar-refractivity contribution >= 4 is 34.9 Å². The molecule has 0 unspecified atom stereocenters. The Hall–Kier alpha value is -1.14. The van der Waals surface area contributed by atoms with Gasteiger partial charge in [-0.3, -0.25) is 0 Å². The zero-order valence-corrected chi connectivity index (χ0v) is 13.1. The number of thiocarbonyl (C=S) groups is 1. The van der Waals surface area contributed by atoms with Crippen molar-refractivity contribution in [3.63, 3.8) is 0 Å². The minimum absolute atomic E-state index is 0.316. The highest BCUT2D eigenvalue weighted by molar-refractivity contribution is 7.80. The van der Waals surface area contributed by atoms with Gasteiger partial charge in [0, 0.05) is 12.1 Å². The van der Waals surface area contributed by atoms with Crippen LogP contribution in [-0.4, -0.2) is 28.2 Å². The number of rotatable bonds is 3. The predicted molar refractivity (Wildman–Crippen MR) is 84.4 cm³/mol.